The number of halogens is 1. The van der Waals surface area contributed by atoms with E-state index < -0.39 is 0 Å². The second-order valence-corrected chi connectivity index (χ2v) is 7.74. The highest BCUT2D eigenvalue weighted by molar-refractivity contribution is 7.17. The number of para-hydroxylation sites is 1. The Morgan fingerprint density at radius 2 is 2.00 bits per heavy atom. The minimum absolute atomic E-state index is 0.102. The SMILES string of the molecule is Cc1cccc(Cl)c1NC(=O)c1cnc(NC(=O)CN2CCCCC2)s1. The fourth-order valence-electron chi connectivity index (χ4n) is 2.88. The Bertz CT molecular complexity index is 782. The molecule has 2 heterocycles. The summed E-state index contributed by atoms with van der Waals surface area (Å²) in [7, 11) is 0. The van der Waals surface area contributed by atoms with Crippen LogP contribution in [0.5, 0.6) is 0 Å². The molecule has 0 aliphatic carbocycles. The van der Waals surface area contributed by atoms with E-state index in [0.717, 1.165) is 42.8 Å². The number of anilines is 2. The van der Waals surface area contributed by atoms with Crippen LogP contribution in [0.1, 0.15) is 34.5 Å². The fraction of sp³-hybridized carbons (Fsp3) is 0.389. The third-order valence-electron chi connectivity index (χ3n) is 4.25. The molecule has 1 saturated heterocycles. The number of piperidine rings is 1. The first-order chi connectivity index (χ1) is 12.5. The zero-order valence-electron chi connectivity index (χ0n) is 14.5. The number of aryl methyl sites for hydroxylation is 1. The van der Waals surface area contributed by atoms with Gasteiger partial charge in [0.2, 0.25) is 5.91 Å². The highest BCUT2D eigenvalue weighted by Crippen LogP contribution is 2.27. The Morgan fingerprint density at radius 1 is 1.23 bits per heavy atom. The minimum Gasteiger partial charge on any atom is -0.320 e. The van der Waals surface area contributed by atoms with Gasteiger partial charge in [0.25, 0.3) is 5.91 Å². The normalized spacial score (nSPS) is 14.8. The summed E-state index contributed by atoms with van der Waals surface area (Å²) in [6.07, 6.45) is 4.96. The quantitative estimate of drug-likeness (QED) is 0.811. The molecule has 26 heavy (non-hydrogen) atoms. The van der Waals surface area contributed by atoms with Crippen LogP contribution in [0.15, 0.2) is 24.4 Å². The van der Waals surface area contributed by atoms with Crippen LogP contribution in [0.25, 0.3) is 0 Å². The molecule has 0 unspecified atom stereocenters. The fourth-order valence-corrected chi connectivity index (χ4v) is 3.88. The van der Waals surface area contributed by atoms with Crippen LogP contribution in [0.4, 0.5) is 10.8 Å². The van der Waals surface area contributed by atoms with Gasteiger partial charge in [-0.05, 0) is 44.5 Å². The van der Waals surface area contributed by atoms with E-state index in [1.54, 1.807) is 6.07 Å². The summed E-state index contributed by atoms with van der Waals surface area (Å²) in [5.74, 6) is -0.398. The van der Waals surface area contributed by atoms with E-state index in [2.05, 4.69) is 20.5 Å². The highest BCUT2D eigenvalue weighted by Gasteiger charge is 2.17. The maximum atomic E-state index is 12.4. The zero-order valence-corrected chi connectivity index (χ0v) is 16.1. The number of benzene rings is 1. The Kier molecular flexibility index (Phi) is 6.24. The van der Waals surface area contributed by atoms with Crippen molar-refractivity contribution in [2.24, 2.45) is 0 Å². The first-order valence-electron chi connectivity index (χ1n) is 8.57. The van der Waals surface area contributed by atoms with Crippen LogP contribution in [-0.2, 0) is 4.79 Å². The van der Waals surface area contributed by atoms with Gasteiger partial charge in [0.1, 0.15) is 4.88 Å². The Morgan fingerprint density at radius 3 is 2.73 bits per heavy atom. The summed E-state index contributed by atoms with van der Waals surface area (Å²) in [5.41, 5.74) is 1.47. The van der Waals surface area contributed by atoms with Crippen molar-refractivity contribution in [1.29, 1.82) is 0 Å². The molecular formula is C18H21ClN4O2S. The molecule has 0 atom stereocenters. The van der Waals surface area contributed by atoms with Crippen molar-refractivity contribution in [2.45, 2.75) is 26.2 Å². The first kappa shape index (κ1) is 18.8. The molecule has 1 aromatic heterocycles. The lowest BCUT2D eigenvalue weighted by Gasteiger charge is -2.25. The van der Waals surface area contributed by atoms with Crippen molar-refractivity contribution in [3.05, 3.63) is 39.9 Å². The second-order valence-electron chi connectivity index (χ2n) is 6.30. The molecule has 3 rings (SSSR count). The van der Waals surface area contributed by atoms with Crippen molar-refractivity contribution in [2.75, 3.05) is 30.3 Å². The summed E-state index contributed by atoms with van der Waals surface area (Å²) >= 11 is 7.28. The number of thiazole rings is 1. The average Bonchev–Trinajstić information content (AvgIpc) is 3.07. The molecule has 138 valence electrons. The number of carbonyl (C=O) groups is 2. The van der Waals surface area contributed by atoms with E-state index >= 15 is 0 Å². The van der Waals surface area contributed by atoms with E-state index in [-0.39, 0.29) is 11.8 Å². The third-order valence-corrected chi connectivity index (χ3v) is 5.48. The number of nitrogens with zero attached hydrogens (tertiary/aromatic N) is 2. The zero-order chi connectivity index (χ0) is 18.5. The van der Waals surface area contributed by atoms with Gasteiger partial charge >= 0.3 is 0 Å². The van der Waals surface area contributed by atoms with Crippen molar-refractivity contribution in [3.63, 3.8) is 0 Å². The van der Waals surface area contributed by atoms with Crippen LogP contribution in [0.2, 0.25) is 5.02 Å². The molecule has 2 aromatic rings. The Hall–Kier alpha value is -1.96. The maximum absolute atomic E-state index is 12.4. The number of nitrogens with one attached hydrogen (secondary N) is 2. The molecule has 0 saturated carbocycles. The Balaban J connectivity index is 1.58. The van der Waals surface area contributed by atoms with Gasteiger partial charge in [0.15, 0.2) is 5.13 Å². The number of hydrogen-bond donors (Lipinski definition) is 2. The van der Waals surface area contributed by atoms with Crippen LogP contribution >= 0.6 is 22.9 Å². The van der Waals surface area contributed by atoms with Gasteiger partial charge in [-0.1, -0.05) is 41.5 Å². The van der Waals surface area contributed by atoms with Crippen molar-refractivity contribution in [1.82, 2.24) is 9.88 Å². The summed E-state index contributed by atoms with van der Waals surface area (Å²) in [6.45, 7) is 4.15. The van der Waals surface area contributed by atoms with Crippen LogP contribution in [0.3, 0.4) is 0 Å². The van der Waals surface area contributed by atoms with Crippen molar-refractivity contribution < 1.29 is 9.59 Å². The molecule has 1 aliphatic rings. The smallest absolute Gasteiger partial charge is 0.267 e. The summed E-state index contributed by atoms with van der Waals surface area (Å²) in [5, 5.41) is 6.49. The lowest BCUT2D eigenvalue weighted by atomic mass is 10.1. The molecule has 1 aliphatic heterocycles. The number of rotatable bonds is 5. The second kappa shape index (κ2) is 8.62. The summed E-state index contributed by atoms with van der Waals surface area (Å²) in [6, 6.07) is 5.43. The third kappa shape index (κ3) is 4.81. The minimum atomic E-state index is -0.296. The van der Waals surface area contributed by atoms with Gasteiger partial charge in [-0.2, -0.15) is 0 Å². The molecule has 0 bridgehead atoms. The van der Waals surface area contributed by atoms with Gasteiger partial charge in [-0.3, -0.25) is 14.5 Å². The summed E-state index contributed by atoms with van der Waals surface area (Å²) in [4.78, 5) is 31.2. The largest absolute Gasteiger partial charge is 0.320 e. The molecular weight excluding hydrogens is 372 g/mol. The van der Waals surface area contributed by atoms with E-state index in [1.807, 2.05) is 19.1 Å². The number of amides is 2. The molecule has 0 spiro atoms. The van der Waals surface area contributed by atoms with Gasteiger partial charge in [0.05, 0.1) is 23.5 Å². The lowest BCUT2D eigenvalue weighted by Crippen LogP contribution is -2.36. The molecule has 0 radical (unpaired) electrons. The van der Waals surface area contributed by atoms with Crippen LogP contribution in [-0.4, -0.2) is 41.3 Å². The molecule has 6 nitrogen and oxygen atoms in total. The molecule has 1 aromatic carbocycles. The highest BCUT2D eigenvalue weighted by atomic mass is 35.5. The monoisotopic (exact) mass is 392 g/mol. The molecule has 2 N–H and O–H groups in total. The number of carbonyl (C=O) groups excluding carboxylic acids is 2. The topological polar surface area (TPSA) is 74.3 Å². The summed E-state index contributed by atoms with van der Waals surface area (Å²) < 4.78 is 0. The number of likely N-dealkylation sites (tertiary alicyclic amines) is 1. The Labute approximate surface area is 161 Å². The molecule has 2 amide bonds. The van der Waals surface area contributed by atoms with Crippen LogP contribution < -0.4 is 10.6 Å². The number of aromatic nitrogens is 1. The van der Waals surface area contributed by atoms with Crippen LogP contribution in [0, 0.1) is 6.92 Å². The maximum Gasteiger partial charge on any atom is 0.267 e. The van der Waals surface area contributed by atoms with Gasteiger partial charge in [0, 0.05) is 0 Å². The average molecular weight is 393 g/mol. The van der Waals surface area contributed by atoms with E-state index in [0.29, 0.717) is 27.3 Å². The number of hydrogen-bond acceptors (Lipinski definition) is 5. The lowest BCUT2D eigenvalue weighted by molar-refractivity contribution is -0.117. The van der Waals surface area contributed by atoms with Gasteiger partial charge in [-0.25, -0.2) is 4.98 Å². The predicted octanol–water partition coefficient (Wildman–Crippen LogP) is 3.78. The van der Waals surface area contributed by atoms with Crippen molar-refractivity contribution in [3.8, 4) is 0 Å². The molecule has 1 fully saturated rings. The van der Waals surface area contributed by atoms with Gasteiger partial charge in [-0.15, -0.1) is 0 Å². The predicted molar refractivity (Wildman–Crippen MR) is 105 cm³/mol. The standard InChI is InChI=1S/C18H21ClN4O2S/c1-12-6-5-7-13(19)16(12)22-17(25)14-10-20-18(26-14)21-15(24)11-23-8-3-2-4-9-23/h5-7,10H,2-4,8-9,11H2,1H3,(H,22,25)(H,20,21,24). The van der Waals surface area contributed by atoms with Crippen molar-refractivity contribution >= 4 is 45.6 Å². The first-order valence-corrected chi connectivity index (χ1v) is 9.77. The van der Waals surface area contributed by atoms with E-state index in [9.17, 15) is 9.59 Å². The van der Waals surface area contributed by atoms with E-state index in [4.69, 9.17) is 11.6 Å². The van der Waals surface area contributed by atoms with Gasteiger partial charge < -0.3 is 10.6 Å². The van der Waals surface area contributed by atoms with E-state index in [1.165, 1.54) is 12.6 Å². The molecule has 8 heteroatoms.